The zero-order chi connectivity index (χ0) is 19.0. The van der Waals surface area contributed by atoms with Gasteiger partial charge < -0.3 is 15.2 Å². The van der Waals surface area contributed by atoms with Gasteiger partial charge in [-0.25, -0.2) is 0 Å². The van der Waals surface area contributed by atoms with Crippen LogP contribution in [0.4, 0.5) is 0 Å². The minimum Gasteiger partial charge on any atom is -0.496 e. The van der Waals surface area contributed by atoms with E-state index in [-0.39, 0.29) is 5.88 Å². The predicted molar refractivity (Wildman–Crippen MR) is 104 cm³/mol. The van der Waals surface area contributed by atoms with Crippen LogP contribution in [0.1, 0.15) is 17.0 Å². The third kappa shape index (κ3) is 2.84. The summed E-state index contributed by atoms with van der Waals surface area (Å²) in [6.45, 7) is 0. The van der Waals surface area contributed by atoms with Crippen LogP contribution in [-0.2, 0) is 0 Å². The summed E-state index contributed by atoms with van der Waals surface area (Å²) in [6.07, 6.45) is 0. The van der Waals surface area contributed by atoms with E-state index >= 15 is 0 Å². The van der Waals surface area contributed by atoms with Gasteiger partial charge in [0.25, 0.3) is 0 Å². The maximum Gasteiger partial charge on any atom is 0.244 e. The van der Waals surface area contributed by atoms with Crippen LogP contribution in [0.3, 0.4) is 0 Å². The second-order valence-corrected chi connectivity index (χ2v) is 6.86. The van der Waals surface area contributed by atoms with Gasteiger partial charge in [0.05, 0.1) is 28.8 Å². The molecule has 4 rings (SSSR count). The summed E-state index contributed by atoms with van der Waals surface area (Å²) >= 11 is 3.52. The molecule has 0 saturated heterocycles. The molecule has 6 nitrogen and oxygen atoms in total. The van der Waals surface area contributed by atoms with E-state index in [0.717, 1.165) is 26.9 Å². The van der Waals surface area contributed by atoms with Gasteiger partial charge in [0, 0.05) is 0 Å². The summed E-state index contributed by atoms with van der Waals surface area (Å²) in [5, 5.41) is 17.1. The maximum absolute atomic E-state index is 9.75. The highest BCUT2D eigenvalue weighted by Crippen LogP contribution is 2.46. The predicted octanol–water partition coefficient (Wildman–Crippen LogP) is 4.07. The molecule has 0 aliphatic carbocycles. The number of benzene rings is 2. The number of aromatic amines is 1. The molecule has 0 radical (unpaired) electrons. The van der Waals surface area contributed by atoms with Crippen molar-refractivity contribution in [3.05, 3.63) is 75.6 Å². The number of H-pyrrole nitrogens is 1. The molecule has 2 aromatic carbocycles. The number of aromatic nitrogens is 2. The van der Waals surface area contributed by atoms with Gasteiger partial charge in [-0.1, -0.05) is 36.4 Å². The van der Waals surface area contributed by atoms with Gasteiger partial charge in [0.1, 0.15) is 17.4 Å². The van der Waals surface area contributed by atoms with Crippen molar-refractivity contribution in [3.8, 4) is 29.0 Å². The molecule has 1 aliphatic rings. The topological polar surface area (TPSA) is 96.9 Å². The first-order valence-electron chi connectivity index (χ1n) is 8.18. The Balaban J connectivity index is 1.94. The summed E-state index contributed by atoms with van der Waals surface area (Å²) in [7, 11) is 1.61. The van der Waals surface area contributed by atoms with Crippen molar-refractivity contribution in [3.63, 3.8) is 0 Å². The highest BCUT2D eigenvalue weighted by molar-refractivity contribution is 9.10. The van der Waals surface area contributed by atoms with Crippen LogP contribution in [0.25, 0.3) is 11.3 Å². The van der Waals surface area contributed by atoms with E-state index in [0.29, 0.717) is 17.2 Å². The monoisotopic (exact) mass is 422 g/mol. The second kappa shape index (κ2) is 6.82. The molecule has 1 aromatic heterocycles. The van der Waals surface area contributed by atoms with Crippen LogP contribution >= 0.6 is 15.9 Å². The Morgan fingerprint density at radius 2 is 2.04 bits per heavy atom. The fraction of sp³-hybridized carbons (Fsp3) is 0.100. The Hall–Kier alpha value is -3.24. The Morgan fingerprint density at radius 1 is 1.26 bits per heavy atom. The largest absolute Gasteiger partial charge is 0.496 e. The molecule has 0 bridgehead atoms. The van der Waals surface area contributed by atoms with E-state index in [1.807, 2.05) is 48.5 Å². The van der Waals surface area contributed by atoms with Crippen molar-refractivity contribution in [2.45, 2.75) is 5.92 Å². The highest BCUT2D eigenvalue weighted by atomic mass is 79.9. The Labute approximate surface area is 164 Å². The molecule has 0 saturated carbocycles. The van der Waals surface area contributed by atoms with Crippen LogP contribution in [0.5, 0.6) is 11.6 Å². The van der Waals surface area contributed by atoms with E-state index < -0.39 is 5.92 Å². The number of fused-ring (bicyclic) bond motifs is 1. The van der Waals surface area contributed by atoms with Crippen molar-refractivity contribution in [1.29, 1.82) is 5.26 Å². The fourth-order valence-corrected chi connectivity index (χ4v) is 3.82. The van der Waals surface area contributed by atoms with E-state index in [2.05, 4.69) is 32.2 Å². The van der Waals surface area contributed by atoms with Crippen molar-refractivity contribution < 1.29 is 9.47 Å². The maximum atomic E-state index is 9.75. The minimum absolute atomic E-state index is 0.0630. The van der Waals surface area contributed by atoms with E-state index in [4.69, 9.17) is 15.2 Å². The third-order valence-corrected chi connectivity index (χ3v) is 5.13. The van der Waals surface area contributed by atoms with Gasteiger partial charge in [0.2, 0.25) is 11.8 Å². The highest BCUT2D eigenvalue weighted by Gasteiger charge is 2.35. The van der Waals surface area contributed by atoms with Crippen LogP contribution in [0.2, 0.25) is 0 Å². The molecule has 0 fully saturated rings. The third-order valence-electron chi connectivity index (χ3n) is 4.51. The molecule has 2 heterocycles. The normalized spacial score (nSPS) is 15.7. The van der Waals surface area contributed by atoms with Gasteiger partial charge in [-0.15, -0.1) is 5.10 Å². The standard InChI is InChI=1S/C20H15BrN4O2/c1-26-15-8-7-12(9-14(15)21)16-13(10-22)19(23)27-20-17(16)18(24-25-20)11-5-3-2-4-6-11/h2-9,16H,23H2,1H3,(H,24,25)/t16-/m0/s1. The Morgan fingerprint density at radius 3 is 2.70 bits per heavy atom. The van der Waals surface area contributed by atoms with Crippen LogP contribution in [0.15, 0.2) is 64.5 Å². The van der Waals surface area contributed by atoms with Gasteiger partial charge in [-0.05, 0) is 39.2 Å². The lowest BCUT2D eigenvalue weighted by molar-refractivity contribution is 0.379. The zero-order valence-corrected chi connectivity index (χ0v) is 15.9. The number of allylic oxidation sites excluding steroid dienone is 1. The lowest BCUT2D eigenvalue weighted by Crippen LogP contribution is -2.21. The minimum atomic E-state index is -0.407. The van der Waals surface area contributed by atoms with Crippen molar-refractivity contribution >= 4 is 15.9 Å². The summed E-state index contributed by atoms with van der Waals surface area (Å²) in [5.74, 6) is 0.738. The number of halogens is 1. The molecule has 3 aromatic rings. The number of nitrogens with two attached hydrogens (primary N) is 1. The summed E-state index contributed by atoms with van der Waals surface area (Å²) < 4.78 is 11.7. The van der Waals surface area contributed by atoms with Gasteiger partial charge in [-0.3, -0.25) is 5.10 Å². The molecule has 0 amide bonds. The number of rotatable bonds is 3. The van der Waals surface area contributed by atoms with Crippen molar-refractivity contribution in [1.82, 2.24) is 10.2 Å². The Kier molecular flexibility index (Phi) is 4.34. The lowest BCUT2D eigenvalue weighted by atomic mass is 9.83. The van der Waals surface area contributed by atoms with Crippen molar-refractivity contribution in [2.24, 2.45) is 5.73 Å². The number of methoxy groups -OCH3 is 1. The molecular weight excluding hydrogens is 408 g/mol. The zero-order valence-electron chi connectivity index (χ0n) is 14.4. The first-order chi connectivity index (χ1) is 13.1. The van der Waals surface area contributed by atoms with Gasteiger partial charge in [-0.2, -0.15) is 5.26 Å². The average molecular weight is 423 g/mol. The van der Waals surface area contributed by atoms with E-state index in [1.54, 1.807) is 7.11 Å². The van der Waals surface area contributed by atoms with E-state index in [1.165, 1.54) is 0 Å². The number of ether oxygens (including phenoxy) is 2. The smallest absolute Gasteiger partial charge is 0.244 e. The second-order valence-electron chi connectivity index (χ2n) is 6.00. The molecule has 134 valence electrons. The number of nitriles is 1. The van der Waals surface area contributed by atoms with Crippen LogP contribution in [0, 0.1) is 11.3 Å². The number of hydrogen-bond acceptors (Lipinski definition) is 5. The van der Waals surface area contributed by atoms with Crippen molar-refractivity contribution in [2.75, 3.05) is 7.11 Å². The summed E-state index contributed by atoms with van der Waals surface area (Å²) in [6, 6.07) is 17.7. The molecule has 3 N–H and O–H groups in total. The molecule has 0 unspecified atom stereocenters. The fourth-order valence-electron chi connectivity index (χ4n) is 3.27. The quantitative estimate of drug-likeness (QED) is 0.662. The molecule has 7 heteroatoms. The molecule has 0 spiro atoms. The number of hydrogen-bond donors (Lipinski definition) is 2. The first kappa shape index (κ1) is 17.2. The van der Waals surface area contributed by atoms with E-state index in [9.17, 15) is 5.26 Å². The average Bonchev–Trinajstić information content (AvgIpc) is 3.10. The van der Waals surface area contributed by atoms with Crippen LogP contribution < -0.4 is 15.2 Å². The van der Waals surface area contributed by atoms with Gasteiger partial charge in [0.15, 0.2) is 0 Å². The van der Waals surface area contributed by atoms with Crippen LogP contribution in [-0.4, -0.2) is 17.3 Å². The Bertz CT molecular complexity index is 1080. The molecular formula is C20H15BrN4O2. The molecule has 1 atom stereocenters. The lowest BCUT2D eigenvalue weighted by Gasteiger charge is -2.24. The van der Waals surface area contributed by atoms with Gasteiger partial charge >= 0.3 is 0 Å². The number of nitrogens with one attached hydrogen (secondary N) is 1. The number of nitrogens with zero attached hydrogens (tertiary/aromatic N) is 2. The first-order valence-corrected chi connectivity index (χ1v) is 8.98. The SMILES string of the molecule is COc1ccc([C@H]2C(C#N)=C(N)Oc3n[nH]c(-c4ccccc4)c32)cc1Br. The summed E-state index contributed by atoms with van der Waals surface area (Å²) in [4.78, 5) is 0. The molecule has 27 heavy (non-hydrogen) atoms. The molecule has 1 aliphatic heterocycles. The summed E-state index contributed by atoms with van der Waals surface area (Å²) in [5.41, 5.74) is 9.77.